The van der Waals surface area contributed by atoms with Crippen LogP contribution in [-0.4, -0.2) is 42.0 Å². The molecule has 0 unspecified atom stereocenters. The summed E-state index contributed by atoms with van der Waals surface area (Å²) in [4.78, 5) is 25.1. The largest absolute Gasteiger partial charge is 0.478 e. The zero-order valence-corrected chi connectivity index (χ0v) is 12.6. The predicted molar refractivity (Wildman–Crippen MR) is 80.6 cm³/mol. The number of carbonyl (C=O) groups is 2. The normalized spacial score (nSPS) is 11.2. The van der Waals surface area contributed by atoms with Crippen molar-refractivity contribution in [2.24, 2.45) is 0 Å². The summed E-state index contributed by atoms with van der Waals surface area (Å²) in [6.45, 7) is 3.66. The summed E-state index contributed by atoms with van der Waals surface area (Å²) in [6, 6.07) is 1.88. The van der Waals surface area contributed by atoms with Crippen LogP contribution >= 0.6 is 11.3 Å². The van der Waals surface area contributed by atoms with Crippen LogP contribution in [0.3, 0.4) is 0 Å². The Bertz CT molecular complexity index is 483. The van der Waals surface area contributed by atoms with Gasteiger partial charge in [-0.2, -0.15) is 0 Å². The number of aliphatic carboxylic acids is 1. The number of carboxylic acid groups (broad SMARTS) is 1. The third-order valence-electron chi connectivity index (χ3n) is 2.58. The van der Waals surface area contributed by atoms with Crippen molar-refractivity contribution in [3.8, 4) is 0 Å². The molecule has 2 N–H and O–H groups in total. The minimum absolute atomic E-state index is 0.00790. The molecule has 0 bridgehead atoms. The minimum Gasteiger partial charge on any atom is -0.478 e. The third kappa shape index (κ3) is 5.99. The topological polar surface area (TPSA) is 69.6 Å². The molecule has 0 radical (unpaired) electrons. The van der Waals surface area contributed by atoms with Gasteiger partial charge in [-0.25, -0.2) is 4.79 Å². The van der Waals surface area contributed by atoms with Crippen LogP contribution < -0.4 is 5.32 Å². The molecule has 110 valence electrons. The maximum atomic E-state index is 11.6. The lowest BCUT2D eigenvalue weighted by atomic mass is 10.2. The molecule has 6 heteroatoms. The van der Waals surface area contributed by atoms with E-state index in [1.165, 1.54) is 0 Å². The third-order valence-corrected chi connectivity index (χ3v) is 3.51. The first-order chi connectivity index (χ1) is 9.52. The summed E-state index contributed by atoms with van der Waals surface area (Å²) in [5, 5.41) is 13.4. The van der Waals surface area contributed by atoms with E-state index < -0.39 is 5.97 Å². The molecule has 1 amide bonds. The molecule has 0 saturated carbocycles. The number of rotatable bonds is 8. The highest BCUT2D eigenvalue weighted by Crippen LogP contribution is 2.19. The number of nitrogens with one attached hydrogen (secondary N) is 1. The van der Waals surface area contributed by atoms with E-state index in [-0.39, 0.29) is 5.91 Å². The molecule has 0 aliphatic carbocycles. The molecule has 1 aromatic heterocycles. The highest BCUT2D eigenvalue weighted by atomic mass is 32.1. The van der Waals surface area contributed by atoms with Crippen molar-refractivity contribution in [3.63, 3.8) is 0 Å². The lowest BCUT2D eigenvalue weighted by Crippen LogP contribution is -2.35. The molecule has 1 heterocycles. The van der Waals surface area contributed by atoms with Gasteiger partial charge in [-0.3, -0.25) is 9.69 Å². The maximum Gasteiger partial charge on any atom is 0.328 e. The van der Waals surface area contributed by atoms with Crippen molar-refractivity contribution in [1.82, 2.24) is 10.2 Å². The number of thiophene rings is 1. The summed E-state index contributed by atoms with van der Waals surface area (Å²) in [5.74, 6) is -0.956. The zero-order chi connectivity index (χ0) is 15.0. The van der Waals surface area contributed by atoms with Crippen LogP contribution in [0.15, 0.2) is 17.5 Å². The molecule has 5 nitrogen and oxygen atoms in total. The molecule has 20 heavy (non-hydrogen) atoms. The van der Waals surface area contributed by atoms with E-state index in [0.717, 1.165) is 22.9 Å². The van der Waals surface area contributed by atoms with Gasteiger partial charge in [0.2, 0.25) is 5.91 Å². The first-order valence-corrected chi connectivity index (χ1v) is 7.33. The highest BCUT2D eigenvalue weighted by Gasteiger charge is 2.09. The van der Waals surface area contributed by atoms with Gasteiger partial charge in [-0.15, -0.1) is 11.3 Å². The Morgan fingerprint density at radius 3 is 2.90 bits per heavy atom. The van der Waals surface area contributed by atoms with Crippen LogP contribution in [-0.2, 0) is 16.1 Å². The first kappa shape index (κ1) is 16.4. The molecule has 0 fully saturated rings. The zero-order valence-electron chi connectivity index (χ0n) is 11.8. The van der Waals surface area contributed by atoms with Gasteiger partial charge in [0, 0.05) is 24.0 Å². The van der Waals surface area contributed by atoms with Gasteiger partial charge in [0.1, 0.15) is 0 Å². The Hall–Kier alpha value is -1.66. The van der Waals surface area contributed by atoms with Gasteiger partial charge in [-0.05, 0) is 36.6 Å². The number of nitrogens with zero attached hydrogens (tertiary/aromatic N) is 1. The van der Waals surface area contributed by atoms with Gasteiger partial charge in [-0.1, -0.05) is 6.92 Å². The molecular weight excluding hydrogens is 276 g/mol. The Labute approximate surface area is 122 Å². The molecule has 1 rings (SSSR count). The number of amides is 1. The van der Waals surface area contributed by atoms with Gasteiger partial charge < -0.3 is 10.4 Å². The number of carboxylic acids is 1. The fraction of sp³-hybridized carbons (Fsp3) is 0.429. The lowest BCUT2D eigenvalue weighted by molar-refractivity contribution is -0.131. The Morgan fingerprint density at radius 1 is 1.50 bits per heavy atom. The molecule has 0 saturated heterocycles. The van der Waals surface area contributed by atoms with E-state index in [1.54, 1.807) is 17.4 Å². The number of likely N-dealkylation sites (N-methyl/N-ethyl adjacent to an activating group) is 1. The van der Waals surface area contributed by atoms with Crippen molar-refractivity contribution in [2.75, 3.05) is 20.1 Å². The Kier molecular flexibility index (Phi) is 6.97. The van der Waals surface area contributed by atoms with Crippen molar-refractivity contribution in [2.45, 2.75) is 19.9 Å². The SMILES string of the molecule is CCCNC(=O)CN(C)Cc1sccc1C=CC(=O)O. The van der Waals surface area contributed by atoms with Crippen molar-refractivity contribution >= 4 is 29.3 Å². The first-order valence-electron chi connectivity index (χ1n) is 6.45. The number of hydrogen-bond donors (Lipinski definition) is 2. The van der Waals surface area contributed by atoms with Gasteiger partial charge in [0.15, 0.2) is 0 Å². The molecule has 0 aliphatic rings. The molecule has 1 aromatic rings. The van der Waals surface area contributed by atoms with Crippen LogP contribution in [0.4, 0.5) is 0 Å². The van der Waals surface area contributed by atoms with Crippen LogP contribution in [0.25, 0.3) is 6.08 Å². The van der Waals surface area contributed by atoms with E-state index >= 15 is 0 Å². The molecule has 0 spiro atoms. The van der Waals surface area contributed by atoms with E-state index in [1.807, 2.05) is 30.3 Å². The summed E-state index contributed by atoms with van der Waals surface area (Å²) in [5.41, 5.74) is 0.887. The molecule has 0 atom stereocenters. The monoisotopic (exact) mass is 296 g/mol. The van der Waals surface area contributed by atoms with Crippen LogP contribution in [0.1, 0.15) is 23.8 Å². The van der Waals surface area contributed by atoms with E-state index in [2.05, 4.69) is 5.32 Å². The number of hydrogen-bond acceptors (Lipinski definition) is 4. The molecule has 0 aromatic carbocycles. The van der Waals surface area contributed by atoms with Crippen LogP contribution in [0.2, 0.25) is 0 Å². The summed E-state index contributed by atoms with van der Waals surface area (Å²) in [7, 11) is 1.87. The van der Waals surface area contributed by atoms with Crippen molar-refractivity contribution in [1.29, 1.82) is 0 Å². The summed E-state index contributed by atoms with van der Waals surface area (Å²) >= 11 is 1.56. The second-order valence-electron chi connectivity index (χ2n) is 4.49. The summed E-state index contributed by atoms with van der Waals surface area (Å²) < 4.78 is 0. The summed E-state index contributed by atoms with van der Waals surface area (Å²) in [6.07, 6.45) is 3.63. The van der Waals surface area contributed by atoms with Gasteiger partial charge in [0.05, 0.1) is 6.54 Å². The minimum atomic E-state index is -0.963. The standard InChI is InChI=1S/C14H20N2O3S/c1-3-7-15-13(17)10-16(2)9-12-11(6-8-20-12)4-5-14(18)19/h4-6,8H,3,7,9-10H2,1-2H3,(H,15,17)(H,18,19). The maximum absolute atomic E-state index is 11.6. The van der Waals surface area contributed by atoms with Gasteiger partial charge >= 0.3 is 5.97 Å². The van der Waals surface area contributed by atoms with E-state index in [0.29, 0.717) is 19.6 Å². The van der Waals surface area contributed by atoms with Crippen molar-refractivity contribution in [3.05, 3.63) is 28.0 Å². The Morgan fingerprint density at radius 2 is 2.25 bits per heavy atom. The molecule has 0 aliphatic heterocycles. The lowest BCUT2D eigenvalue weighted by Gasteiger charge is -2.15. The average molecular weight is 296 g/mol. The number of carbonyl (C=O) groups excluding carboxylic acids is 1. The molecular formula is C14H20N2O3S. The average Bonchev–Trinajstić information content (AvgIpc) is 2.81. The van der Waals surface area contributed by atoms with Crippen LogP contribution in [0.5, 0.6) is 0 Å². The van der Waals surface area contributed by atoms with E-state index in [4.69, 9.17) is 5.11 Å². The fourth-order valence-corrected chi connectivity index (χ4v) is 2.60. The fourth-order valence-electron chi connectivity index (χ4n) is 1.66. The van der Waals surface area contributed by atoms with E-state index in [9.17, 15) is 9.59 Å². The van der Waals surface area contributed by atoms with Crippen LogP contribution in [0, 0.1) is 0 Å². The second kappa shape index (κ2) is 8.50. The highest BCUT2D eigenvalue weighted by molar-refractivity contribution is 7.10. The quantitative estimate of drug-likeness (QED) is 0.718. The smallest absolute Gasteiger partial charge is 0.328 e. The van der Waals surface area contributed by atoms with Gasteiger partial charge in [0.25, 0.3) is 0 Å². The second-order valence-corrected chi connectivity index (χ2v) is 5.49. The van der Waals surface area contributed by atoms with Crippen molar-refractivity contribution < 1.29 is 14.7 Å². The Balaban J connectivity index is 2.54. The predicted octanol–water partition coefficient (Wildman–Crippen LogP) is 1.80.